The first kappa shape index (κ1) is 23.5. The molecule has 10 heteroatoms. The van der Waals surface area contributed by atoms with Crippen molar-refractivity contribution in [2.24, 2.45) is 10.7 Å². The summed E-state index contributed by atoms with van der Waals surface area (Å²) in [4.78, 5) is 30.0. The molecule has 1 aliphatic rings. The molecule has 1 unspecified atom stereocenters. The Morgan fingerprint density at radius 1 is 1.12 bits per heavy atom. The molecule has 0 aliphatic carbocycles. The van der Waals surface area contributed by atoms with Crippen molar-refractivity contribution in [2.45, 2.75) is 31.5 Å². The molecule has 0 spiro atoms. The van der Waals surface area contributed by atoms with E-state index in [-0.39, 0.29) is 27.9 Å². The van der Waals surface area contributed by atoms with Crippen molar-refractivity contribution in [3.63, 3.8) is 0 Å². The number of amides is 2. The number of nitrogens with two attached hydrogens (primary N) is 1. The van der Waals surface area contributed by atoms with Crippen LogP contribution in [0.3, 0.4) is 0 Å². The molecule has 1 atom stereocenters. The van der Waals surface area contributed by atoms with Crippen LogP contribution in [-0.2, 0) is 4.79 Å². The number of alkyl halides is 3. The lowest BCUT2D eigenvalue weighted by molar-refractivity contribution is -0.121. The van der Waals surface area contributed by atoms with Crippen LogP contribution in [0.4, 0.5) is 18.9 Å². The summed E-state index contributed by atoms with van der Waals surface area (Å²) in [6, 6.07) is 11.6. The average Bonchev–Trinajstić information content (AvgIpc) is 3.24. The number of para-hydroxylation sites is 1. The SMILES string of the molecule is N=C(CC(=Nc1ccccc1Cl)c1ccc(C(=O)N2CCCC2C(N)=O)cc1)C(F)(F)F. The Hall–Kier alpha value is -3.20. The average molecular weight is 465 g/mol. The number of aliphatic imine (C=N–C) groups is 1. The fourth-order valence-corrected chi connectivity index (χ4v) is 3.62. The van der Waals surface area contributed by atoms with Crippen LogP contribution in [0.5, 0.6) is 0 Å². The van der Waals surface area contributed by atoms with Gasteiger partial charge in [-0.3, -0.25) is 14.6 Å². The van der Waals surface area contributed by atoms with Crippen molar-refractivity contribution < 1.29 is 22.8 Å². The van der Waals surface area contributed by atoms with Crippen molar-refractivity contribution >= 4 is 40.5 Å². The van der Waals surface area contributed by atoms with Crippen LogP contribution < -0.4 is 5.73 Å². The molecule has 32 heavy (non-hydrogen) atoms. The summed E-state index contributed by atoms with van der Waals surface area (Å²) in [5.41, 5.74) is 4.73. The van der Waals surface area contributed by atoms with Gasteiger partial charge in [-0.05, 0) is 42.7 Å². The molecule has 1 heterocycles. The summed E-state index contributed by atoms with van der Waals surface area (Å²) in [6.07, 6.45) is -4.41. The highest BCUT2D eigenvalue weighted by Gasteiger charge is 2.35. The third-order valence-electron chi connectivity index (χ3n) is 5.10. The zero-order valence-electron chi connectivity index (χ0n) is 16.8. The molecule has 0 radical (unpaired) electrons. The summed E-state index contributed by atoms with van der Waals surface area (Å²) in [5.74, 6) is -0.960. The van der Waals surface area contributed by atoms with Gasteiger partial charge in [0.1, 0.15) is 11.8 Å². The van der Waals surface area contributed by atoms with Crippen LogP contribution in [0, 0.1) is 5.41 Å². The quantitative estimate of drug-likeness (QED) is 0.614. The number of primary amides is 1. The number of rotatable bonds is 6. The van der Waals surface area contributed by atoms with Gasteiger partial charge in [0.25, 0.3) is 5.91 Å². The molecule has 6 nitrogen and oxygen atoms in total. The zero-order chi connectivity index (χ0) is 23.5. The van der Waals surface area contributed by atoms with Gasteiger partial charge in [-0.25, -0.2) is 0 Å². The van der Waals surface area contributed by atoms with Crippen molar-refractivity contribution in [1.82, 2.24) is 4.90 Å². The lowest BCUT2D eigenvalue weighted by atomic mass is 10.0. The second kappa shape index (κ2) is 9.52. The van der Waals surface area contributed by atoms with Gasteiger partial charge in [-0.15, -0.1) is 0 Å². The monoisotopic (exact) mass is 464 g/mol. The number of hydrogen-bond donors (Lipinski definition) is 2. The number of likely N-dealkylation sites (tertiary alicyclic amines) is 1. The van der Waals surface area contributed by atoms with E-state index in [1.54, 1.807) is 24.3 Å². The topological polar surface area (TPSA) is 99.6 Å². The normalized spacial score (nSPS) is 16.8. The van der Waals surface area contributed by atoms with Crippen molar-refractivity contribution in [2.75, 3.05) is 6.54 Å². The zero-order valence-corrected chi connectivity index (χ0v) is 17.6. The third kappa shape index (κ3) is 5.34. The summed E-state index contributed by atoms with van der Waals surface area (Å²) in [7, 11) is 0. The lowest BCUT2D eigenvalue weighted by Gasteiger charge is -2.22. The van der Waals surface area contributed by atoms with E-state index in [1.165, 1.54) is 29.2 Å². The van der Waals surface area contributed by atoms with E-state index in [1.807, 2.05) is 0 Å². The summed E-state index contributed by atoms with van der Waals surface area (Å²) in [6.45, 7) is 0.399. The highest BCUT2D eigenvalue weighted by Crippen LogP contribution is 2.27. The summed E-state index contributed by atoms with van der Waals surface area (Å²) in [5, 5.41) is 7.63. The fraction of sp³-hybridized carbons (Fsp3) is 0.273. The van der Waals surface area contributed by atoms with Crippen LogP contribution in [0.1, 0.15) is 35.2 Å². The fourth-order valence-electron chi connectivity index (χ4n) is 3.44. The maximum Gasteiger partial charge on any atom is 0.429 e. The van der Waals surface area contributed by atoms with Crippen LogP contribution in [-0.4, -0.2) is 46.9 Å². The van der Waals surface area contributed by atoms with E-state index in [4.69, 9.17) is 22.7 Å². The molecule has 1 aliphatic heterocycles. The maximum absolute atomic E-state index is 13.0. The van der Waals surface area contributed by atoms with E-state index in [2.05, 4.69) is 4.99 Å². The minimum atomic E-state index is -4.79. The molecule has 2 aromatic rings. The molecule has 3 N–H and O–H groups in total. The molecular weight excluding hydrogens is 445 g/mol. The highest BCUT2D eigenvalue weighted by molar-refractivity contribution is 6.33. The number of carbonyl (C=O) groups is 2. The van der Waals surface area contributed by atoms with Gasteiger partial charge < -0.3 is 16.0 Å². The van der Waals surface area contributed by atoms with Gasteiger partial charge in [-0.2, -0.15) is 13.2 Å². The first-order valence-corrected chi connectivity index (χ1v) is 10.1. The Labute approximate surface area is 187 Å². The number of carbonyl (C=O) groups excluding carboxylic acids is 2. The summed E-state index contributed by atoms with van der Waals surface area (Å²) < 4.78 is 39.0. The van der Waals surface area contributed by atoms with E-state index in [9.17, 15) is 22.8 Å². The van der Waals surface area contributed by atoms with Crippen molar-refractivity contribution in [3.05, 3.63) is 64.7 Å². The van der Waals surface area contributed by atoms with Crippen molar-refractivity contribution in [1.29, 1.82) is 5.41 Å². The molecule has 168 valence electrons. The lowest BCUT2D eigenvalue weighted by Crippen LogP contribution is -2.43. The van der Waals surface area contributed by atoms with Crippen LogP contribution in [0.25, 0.3) is 0 Å². The van der Waals surface area contributed by atoms with Gasteiger partial charge in [0.15, 0.2) is 0 Å². The first-order chi connectivity index (χ1) is 15.1. The largest absolute Gasteiger partial charge is 0.429 e. The number of halogens is 4. The summed E-state index contributed by atoms with van der Waals surface area (Å²) >= 11 is 6.09. The minimum absolute atomic E-state index is 0.0180. The van der Waals surface area contributed by atoms with Gasteiger partial charge >= 0.3 is 6.18 Å². The molecule has 0 saturated carbocycles. The molecule has 0 bridgehead atoms. The molecule has 0 aromatic heterocycles. The highest BCUT2D eigenvalue weighted by atomic mass is 35.5. The molecular formula is C22H20ClF3N4O2. The number of nitrogens with zero attached hydrogens (tertiary/aromatic N) is 2. The van der Waals surface area contributed by atoms with Gasteiger partial charge in [0, 0.05) is 18.5 Å². The maximum atomic E-state index is 13.0. The predicted octanol–water partition coefficient (Wildman–Crippen LogP) is 4.52. The van der Waals surface area contributed by atoms with Gasteiger partial charge in [0.2, 0.25) is 5.91 Å². The van der Waals surface area contributed by atoms with Crippen LogP contribution in [0.15, 0.2) is 53.5 Å². The van der Waals surface area contributed by atoms with E-state index >= 15 is 0 Å². The predicted molar refractivity (Wildman–Crippen MR) is 116 cm³/mol. The smallest absolute Gasteiger partial charge is 0.368 e. The second-order valence-electron chi connectivity index (χ2n) is 7.30. The Balaban J connectivity index is 1.92. The number of nitrogens with one attached hydrogen (secondary N) is 1. The number of benzene rings is 2. The minimum Gasteiger partial charge on any atom is -0.368 e. The first-order valence-electron chi connectivity index (χ1n) is 9.75. The number of hydrogen-bond acceptors (Lipinski definition) is 4. The Kier molecular flexibility index (Phi) is 6.98. The van der Waals surface area contributed by atoms with E-state index < -0.39 is 30.3 Å². The standard InChI is InChI=1S/C22H20ClF3N4O2/c23-15-4-1-2-5-16(15)29-17(12-19(27)22(24,25)26)13-7-9-14(10-8-13)21(32)30-11-3-6-18(30)20(28)31/h1-2,4-5,7-10,18,27H,3,6,11-12H2,(H2,28,31). The van der Waals surface area contributed by atoms with E-state index in [0.29, 0.717) is 24.9 Å². The molecule has 2 aromatic carbocycles. The van der Waals surface area contributed by atoms with Crippen molar-refractivity contribution in [3.8, 4) is 0 Å². The van der Waals surface area contributed by atoms with Crippen LogP contribution in [0.2, 0.25) is 5.02 Å². The van der Waals surface area contributed by atoms with Crippen LogP contribution >= 0.6 is 11.6 Å². The molecule has 3 rings (SSSR count). The third-order valence-corrected chi connectivity index (χ3v) is 5.42. The van der Waals surface area contributed by atoms with Gasteiger partial charge in [0.05, 0.1) is 16.4 Å². The molecule has 2 amide bonds. The Morgan fingerprint density at radius 2 is 1.75 bits per heavy atom. The van der Waals surface area contributed by atoms with Gasteiger partial charge in [-0.1, -0.05) is 35.9 Å². The Morgan fingerprint density at radius 3 is 2.34 bits per heavy atom. The second-order valence-corrected chi connectivity index (χ2v) is 7.71. The Bertz CT molecular complexity index is 1070. The molecule has 1 fully saturated rings. The molecule has 1 saturated heterocycles. The van der Waals surface area contributed by atoms with E-state index in [0.717, 1.165) is 0 Å².